The molecule has 0 aromatic heterocycles. The van der Waals surface area contributed by atoms with Crippen LogP contribution in [0.25, 0.3) is 10.8 Å². The van der Waals surface area contributed by atoms with E-state index >= 15 is 0 Å². The quantitative estimate of drug-likeness (QED) is 0.888. The molecule has 2 aromatic carbocycles. The standard InChI is InChI=1S/C18H19F3N2O/c1-11-8-9-14(13-7-5-4-6-12(11)13)16(18(19,20)21)23-17(2,3)10-15(24)22-23/h4-9,16H,10H2,1-3H3,(H,22,24). The molecule has 0 bridgehead atoms. The fraction of sp³-hybridized carbons (Fsp3) is 0.389. The number of alkyl halides is 3. The van der Waals surface area contributed by atoms with Crippen LogP contribution in [-0.4, -0.2) is 22.6 Å². The van der Waals surface area contributed by atoms with Crippen LogP contribution in [0.4, 0.5) is 13.2 Å². The molecule has 3 rings (SSSR count). The van der Waals surface area contributed by atoms with E-state index in [9.17, 15) is 18.0 Å². The number of fused-ring (bicyclic) bond motifs is 1. The zero-order chi connectivity index (χ0) is 17.7. The highest BCUT2D eigenvalue weighted by molar-refractivity contribution is 5.89. The number of carbonyl (C=O) groups excluding carboxylic acids is 1. The Hall–Kier alpha value is -2.08. The largest absolute Gasteiger partial charge is 0.409 e. The van der Waals surface area contributed by atoms with Crippen molar-refractivity contribution in [2.75, 3.05) is 0 Å². The summed E-state index contributed by atoms with van der Waals surface area (Å²) >= 11 is 0. The third kappa shape index (κ3) is 2.75. The first-order valence-corrected chi connectivity index (χ1v) is 7.75. The van der Waals surface area contributed by atoms with E-state index < -0.39 is 23.7 Å². The molecule has 24 heavy (non-hydrogen) atoms. The van der Waals surface area contributed by atoms with E-state index in [0.717, 1.165) is 16.0 Å². The van der Waals surface area contributed by atoms with Gasteiger partial charge in [0.1, 0.15) is 0 Å². The zero-order valence-corrected chi connectivity index (χ0v) is 13.7. The summed E-state index contributed by atoms with van der Waals surface area (Å²) in [6.45, 7) is 5.15. The van der Waals surface area contributed by atoms with Crippen molar-refractivity contribution in [2.45, 2.75) is 44.9 Å². The van der Waals surface area contributed by atoms with Gasteiger partial charge in [-0.15, -0.1) is 0 Å². The average Bonchev–Trinajstić information content (AvgIpc) is 2.73. The molecular formula is C18H19F3N2O. The van der Waals surface area contributed by atoms with E-state index in [1.807, 2.05) is 19.1 Å². The van der Waals surface area contributed by atoms with Crippen molar-refractivity contribution < 1.29 is 18.0 Å². The first kappa shape index (κ1) is 16.8. The molecule has 1 N–H and O–H groups in total. The van der Waals surface area contributed by atoms with Gasteiger partial charge in [-0.05, 0) is 42.7 Å². The van der Waals surface area contributed by atoms with Crippen molar-refractivity contribution in [1.82, 2.24) is 10.4 Å². The number of hydrazine groups is 1. The van der Waals surface area contributed by atoms with E-state index in [1.54, 1.807) is 32.0 Å². The van der Waals surface area contributed by atoms with Crippen molar-refractivity contribution in [2.24, 2.45) is 0 Å². The Labute approximate surface area is 138 Å². The van der Waals surface area contributed by atoms with E-state index in [1.165, 1.54) is 6.07 Å². The molecule has 1 atom stereocenters. The predicted molar refractivity (Wildman–Crippen MR) is 86.2 cm³/mol. The molecule has 1 fully saturated rings. The molecule has 6 heteroatoms. The molecule has 1 unspecified atom stereocenters. The van der Waals surface area contributed by atoms with Crippen LogP contribution in [0.2, 0.25) is 0 Å². The van der Waals surface area contributed by atoms with Crippen molar-refractivity contribution >= 4 is 16.7 Å². The predicted octanol–water partition coefficient (Wildman–Crippen LogP) is 4.27. The number of hydrogen-bond acceptors (Lipinski definition) is 2. The second kappa shape index (κ2) is 5.48. The van der Waals surface area contributed by atoms with Crippen molar-refractivity contribution in [3.63, 3.8) is 0 Å². The molecule has 3 nitrogen and oxygen atoms in total. The lowest BCUT2D eigenvalue weighted by atomic mass is 9.92. The molecule has 2 aromatic rings. The number of rotatable bonds is 2. The molecule has 0 spiro atoms. The molecule has 128 valence electrons. The van der Waals surface area contributed by atoms with Gasteiger partial charge in [-0.2, -0.15) is 18.2 Å². The SMILES string of the molecule is Cc1ccc(C(N2NC(=O)CC2(C)C)C(F)(F)F)c2ccccc12. The summed E-state index contributed by atoms with van der Waals surface area (Å²) < 4.78 is 41.9. The summed E-state index contributed by atoms with van der Waals surface area (Å²) in [5, 5.41) is 2.39. The normalized spacial score (nSPS) is 19.5. The number of benzene rings is 2. The molecule has 0 saturated carbocycles. The second-order valence-corrected chi connectivity index (χ2v) is 6.86. The minimum atomic E-state index is -4.52. The van der Waals surface area contributed by atoms with Crippen molar-refractivity contribution in [3.8, 4) is 0 Å². The minimum Gasteiger partial charge on any atom is -0.287 e. The van der Waals surface area contributed by atoms with Gasteiger partial charge < -0.3 is 0 Å². The van der Waals surface area contributed by atoms with Gasteiger partial charge in [0.25, 0.3) is 0 Å². The van der Waals surface area contributed by atoms with E-state index in [0.29, 0.717) is 5.39 Å². The molecule has 0 aliphatic carbocycles. The van der Waals surface area contributed by atoms with Crippen LogP contribution in [0.3, 0.4) is 0 Å². The highest BCUT2D eigenvalue weighted by Crippen LogP contribution is 2.44. The summed E-state index contributed by atoms with van der Waals surface area (Å²) in [5.74, 6) is -0.398. The van der Waals surface area contributed by atoms with Crippen LogP contribution >= 0.6 is 0 Å². The van der Waals surface area contributed by atoms with E-state index in [2.05, 4.69) is 5.43 Å². The summed E-state index contributed by atoms with van der Waals surface area (Å²) in [6, 6.07) is 8.36. The van der Waals surface area contributed by atoms with Gasteiger partial charge in [-0.1, -0.05) is 36.4 Å². The molecule has 1 heterocycles. The Morgan fingerprint density at radius 1 is 1.12 bits per heavy atom. The fourth-order valence-electron chi connectivity index (χ4n) is 3.39. The van der Waals surface area contributed by atoms with Gasteiger partial charge in [0, 0.05) is 12.0 Å². The van der Waals surface area contributed by atoms with Gasteiger partial charge in [0.2, 0.25) is 5.91 Å². The van der Waals surface area contributed by atoms with Gasteiger partial charge in [0.05, 0.1) is 0 Å². The third-order valence-electron chi connectivity index (χ3n) is 4.53. The van der Waals surface area contributed by atoms with Crippen LogP contribution in [-0.2, 0) is 4.79 Å². The highest BCUT2D eigenvalue weighted by Gasteiger charge is 2.53. The highest BCUT2D eigenvalue weighted by atomic mass is 19.4. The topological polar surface area (TPSA) is 32.3 Å². The minimum absolute atomic E-state index is 0.0311. The zero-order valence-electron chi connectivity index (χ0n) is 13.7. The Balaban J connectivity index is 2.22. The average molecular weight is 336 g/mol. The Bertz CT molecular complexity index is 798. The monoisotopic (exact) mass is 336 g/mol. The van der Waals surface area contributed by atoms with Crippen LogP contribution in [0, 0.1) is 6.92 Å². The number of hydrogen-bond donors (Lipinski definition) is 1. The van der Waals surface area contributed by atoms with Crippen LogP contribution in [0.1, 0.15) is 37.4 Å². The Kier molecular flexibility index (Phi) is 3.83. The Morgan fingerprint density at radius 3 is 2.29 bits per heavy atom. The van der Waals surface area contributed by atoms with E-state index in [4.69, 9.17) is 0 Å². The molecule has 1 saturated heterocycles. The van der Waals surface area contributed by atoms with Gasteiger partial charge in [0.15, 0.2) is 6.04 Å². The third-order valence-corrected chi connectivity index (χ3v) is 4.53. The summed E-state index contributed by atoms with van der Waals surface area (Å²) in [6.07, 6.45) is -4.49. The maximum absolute atomic E-state index is 14.0. The fourth-order valence-corrected chi connectivity index (χ4v) is 3.39. The molecule has 1 aliphatic rings. The van der Waals surface area contributed by atoms with Crippen LogP contribution in [0.15, 0.2) is 36.4 Å². The summed E-state index contributed by atoms with van der Waals surface area (Å²) in [4.78, 5) is 11.7. The molecule has 1 amide bonds. The number of nitrogens with one attached hydrogen (secondary N) is 1. The van der Waals surface area contributed by atoms with Crippen LogP contribution in [0.5, 0.6) is 0 Å². The summed E-state index contributed by atoms with van der Waals surface area (Å²) in [7, 11) is 0. The lowest BCUT2D eigenvalue weighted by Gasteiger charge is -2.38. The van der Waals surface area contributed by atoms with Gasteiger partial charge in [-0.3, -0.25) is 10.2 Å². The number of aryl methyl sites for hydroxylation is 1. The van der Waals surface area contributed by atoms with Crippen LogP contribution < -0.4 is 5.43 Å². The number of halogens is 3. The lowest BCUT2D eigenvalue weighted by Crippen LogP contribution is -2.51. The number of nitrogens with zero attached hydrogens (tertiary/aromatic N) is 1. The maximum Gasteiger partial charge on any atom is 0.409 e. The Morgan fingerprint density at radius 2 is 1.75 bits per heavy atom. The first-order valence-electron chi connectivity index (χ1n) is 7.75. The number of carbonyl (C=O) groups is 1. The van der Waals surface area contributed by atoms with Gasteiger partial charge in [-0.25, -0.2) is 0 Å². The lowest BCUT2D eigenvalue weighted by molar-refractivity contribution is -0.203. The first-order chi connectivity index (χ1) is 11.1. The molecule has 0 radical (unpaired) electrons. The maximum atomic E-state index is 14.0. The summed E-state index contributed by atoms with van der Waals surface area (Å²) in [5.41, 5.74) is 2.54. The van der Waals surface area contributed by atoms with E-state index in [-0.39, 0.29) is 12.0 Å². The molecular weight excluding hydrogens is 317 g/mol. The van der Waals surface area contributed by atoms with Gasteiger partial charge >= 0.3 is 6.18 Å². The van der Waals surface area contributed by atoms with Crippen molar-refractivity contribution in [1.29, 1.82) is 0 Å². The smallest absolute Gasteiger partial charge is 0.287 e. The van der Waals surface area contributed by atoms with Crippen molar-refractivity contribution in [3.05, 3.63) is 47.5 Å². The number of amides is 1. The molecule has 1 aliphatic heterocycles. The second-order valence-electron chi connectivity index (χ2n) is 6.86.